The number of rotatable bonds is 7. The Morgan fingerprint density at radius 2 is 1.77 bits per heavy atom. The van der Waals surface area contributed by atoms with Gasteiger partial charge in [0.1, 0.15) is 0 Å². The molecular weight excluding hydrogens is 494 g/mol. The van der Waals surface area contributed by atoms with Crippen molar-refractivity contribution < 1.29 is 18.1 Å². The molecule has 12 heteroatoms. The van der Waals surface area contributed by atoms with Crippen molar-refractivity contribution in [1.29, 1.82) is 0 Å². The fraction of sp³-hybridized carbons (Fsp3) is 0.304. The molecule has 1 aliphatic rings. The van der Waals surface area contributed by atoms with Gasteiger partial charge in [0.25, 0.3) is 5.69 Å². The van der Waals surface area contributed by atoms with Gasteiger partial charge in [-0.2, -0.15) is 9.40 Å². The number of hydrogen-bond donors (Lipinski definition) is 1. The summed E-state index contributed by atoms with van der Waals surface area (Å²) in [7, 11) is -3.79. The minimum atomic E-state index is -3.79. The lowest BCUT2D eigenvalue weighted by molar-refractivity contribution is -0.384. The maximum atomic E-state index is 12.9. The van der Waals surface area contributed by atoms with Gasteiger partial charge in [-0.1, -0.05) is 23.7 Å². The van der Waals surface area contributed by atoms with Crippen LogP contribution in [0.2, 0.25) is 5.02 Å². The average Bonchev–Trinajstić information content (AvgIpc) is 3.18. The SMILES string of the molecule is Cc1cc(NC(=O)C2CCN(S(=O)(=O)c3ccc([N+](=O)[O-])cc3)CC2)nn1Cc1ccc(Cl)cc1. The first-order chi connectivity index (χ1) is 16.6. The summed E-state index contributed by atoms with van der Waals surface area (Å²) in [6.07, 6.45) is 0.727. The molecule has 2 aromatic carbocycles. The van der Waals surface area contributed by atoms with Gasteiger partial charge in [-0.15, -0.1) is 0 Å². The summed E-state index contributed by atoms with van der Waals surface area (Å²) >= 11 is 5.93. The highest BCUT2D eigenvalue weighted by atomic mass is 35.5. The van der Waals surface area contributed by atoms with Crippen LogP contribution in [0.4, 0.5) is 11.5 Å². The second-order valence-electron chi connectivity index (χ2n) is 8.37. The quantitative estimate of drug-likeness (QED) is 0.374. The number of benzene rings is 2. The molecule has 35 heavy (non-hydrogen) atoms. The zero-order chi connectivity index (χ0) is 25.2. The Kier molecular flexibility index (Phi) is 7.20. The molecular formula is C23H24ClN5O5S. The van der Waals surface area contributed by atoms with E-state index in [2.05, 4.69) is 10.4 Å². The normalized spacial score (nSPS) is 15.1. The maximum absolute atomic E-state index is 12.9. The van der Waals surface area contributed by atoms with E-state index >= 15 is 0 Å². The highest BCUT2D eigenvalue weighted by Gasteiger charge is 2.32. The molecule has 0 atom stereocenters. The first kappa shape index (κ1) is 24.8. The summed E-state index contributed by atoms with van der Waals surface area (Å²) in [5.74, 6) is -0.101. The Hall–Kier alpha value is -3.28. The molecule has 0 spiro atoms. The molecule has 1 fully saturated rings. The Morgan fingerprint density at radius 1 is 1.14 bits per heavy atom. The number of carbonyl (C=O) groups is 1. The van der Waals surface area contributed by atoms with Gasteiger partial charge in [0.15, 0.2) is 5.82 Å². The van der Waals surface area contributed by atoms with Gasteiger partial charge in [0.2, 0.25) is 15.9 Å². The number of sulfonamides is 1. The van der Waals surface area contributed by atoms with Crippen molar-refractivity contribution in [2.24, 2.45) is 5.92 Å². The summed E-state index contributed by atoms with van der Waals surface area (Å²) < 4.78 is 28.9. The molecule has 1 N–H and O–H groups in total. The molecule has 0 radical (unpaired) electrons. The number of aromatic nitrogens is 2. The van der Waals surface area contributed by atoms with Crippen molar-refractivity contribution in [2.75, 3.05) is 18.4 Å². The van der Waals surface area contributed by atoms with Gasteiger partial charge in [0.05, 0.1) is 16.4 Å². The average molecular weight is 518 g/mol. The monoisotopic (exact) mass is 517 g/mol. The van der Waals surface area contributed by atoms with Gasteiger partial charge < -0.3 is 5.32 Å². The number of nitrogens with one attached hydrogen (secondary N) is 1. The predicted molar refractivity (Wildman–Crippen MR) is 131 cm³/mol. The zero-order valence-electron chi connectivity index (χ0n) is 18.9. The van der Waals surface area contributed by atoms with Crippen LogP contribution in [0.5, 0.6) is 0 Å². The number of nitro groups is 1. The Morgan fingerprint density at radius 3 is 2.37 bits per heavy atom. The van der Waals surface area contributed by atoms with E-state index < -0.39 is 14.9 Å². The number of nitrogens with zero attached hydrogens (tertiary/aromatic N) is 4. The van der Waals surface area contributed by atoms with E-state index in [1.54, 1.807) is 10.7 Å². The largest absolute Gasteiger partial charge is 0.309 e. The second kappa shape index (κ2) is 10.1. The van der Waals surface area contributed by atoms with Crippen molar-refractivity contribution in [1.82, 2.24) is 14.1 Å². The fourth-order valence-corrected chi connectivity index (χ4v) is 5.57. The number of amides is 1. The van der Waals surface area contributed by atoms with E-state index in [0.29, 0.717) is 30.2 Å². The molecule has 0 aliphatic carbocycles. The van der Waals surface area contributed by atoms with E-state index in [1.165, 1.54) is 28.6 Å². The second-order valence-corrected chi connectivity index (χ2v) is 10.7. The van der Waals surface area contributed by atoms with Crippen LogP contribution in [-0.2, 0) is 21.4 Å². The number of hydrogen-bond acceptors (Lipinski definition) is 6. The highest BCUT2D eigenvalue weighted by molar-refractivity contribution is 7.89. The fourth-order valence-electron chi connectivity index (χ4n) is 3.97. The first-order valence-electron chi connectivity index (χ1n) is 11.0. The van der Waals surface area contributed by atoms with Crippen LogP contribution in [0.15, 0.2) is 59.5 Å². The third-order valence-corrected chi connectivity index (χ3v) is 8.15. The Bertz CT molecular complexity index is 1330. The van der Waals surface area contributed by atoms with Crippen molar-refractivity contribution >= 4 is 39.0 Å². The van der Waals surface area contributed by atoms with Crippen molar-refractivity contribution in [3.63, 3.8) is 0 Å². The minimum Gasteiger partial charge on any atom is -0.309 e. The van der Waals surface area contributed by atoms with Gasteiger partial charge in [-0.05, 0) is 49.6 Å². The number of aryl methyl sites for hydroxylation is 1. The van der Waals surface area contributed by atoms with Crippen LogP contribution in [0.25, 0.3) is 0 Å². The lowest BCUT2D eigenvalue weighted by atomic mass is 9.97. The summed E-state index contributed by atoms with van der Waals surface area (Å²) in [5, 5.41) is 18.8. The molecule has 3 aromatic rings. The number of halogens is 1. The molecule has 2 heterocycles. The predicted octanol–water partition coefficient (Wildman–Crippen LogP) is 3.84. The van der Waals surface area contributed by atoms with Gasteiger partial charge in [-0.25, -0.2) is 8.42 Å². The zero-order valence-corrected chi connectivity index (χ0v) is 20.5. The molecule has 1 saturated heterocycles. The van der Waals surface area contributed by atoms with Crippen LogP contribution in [0.1, 0.15) is 24.1 Å². The molecule has 1 amide bonds. The highest BCUT2D eigenvalue weighted by Crippen LogP contribution is 2.26. The summed E-state index contributed by atoms with van der Waals surface area (Å²) in [6.45, 7) is 2.81. The smallest absolute Gasteiger partial charge is 0.269 e. The van der Waals surface area contributed by atoms with E-state index in [0.717, 1.165) is 11.3 Å². The van der Waals surface area contributed by atoms with Crippen molar-refractivity contribution in [2.45, 2.75) is 31.2 Å². The molecule has 10 nitrogen and oxygen atoms in total. The molecule has 0 unspecified atom stereocenters. The minimum absolute atomic E-state index is 0.00676. The number of carbonyl (C=O) groups excluding carboxylic acids is 1. The number of non-ortho nitro benzene ring substituents is 1. The maximum Gasteiger partial charge on any atom is 0.269 e. The van der Waals surface area contributed by atoms with Crippen LogP contribution < -0.4 is 5.32 Å². The number of nitro benzene ring substituents is 1. The van der Waals surface area contributed by atoms with E-state index in [-0.39, 0.29) is 35.5 Å². The van der Waals surface area contributed by atoms with Crippen LogP contribution >= 0.6 is 11.6 Å². The number of anilines is 1. The van der Waals surface area contributed by atoms with Gasteiger partial charge in [0, 0.05) is 47.9 Å². The van der Waals surface area contributed by atoms with Crippen LogP contribution in [-0.4, -0.2) is 46.4 Å². The van der Waals surface area contributed by atoms with Crippen molar-refractivity contribution in [3.8, 4) is 0 Å². The lowest BCUT2D eigenvalue weighted by Gasteiger charge is -2.30. The third kappa shape index (κ3) is 5.69. The lowest BCUT2D eigenvalue weighted by Crippen LogP contribution is -2.41. The third-order valence-electron chi connectivity index (χ3n) is 5.99. The summed E-state index contributed by atoms with van der Waals surface area (Å²) in [6, 6.07) is 14.0. The standard InChI is InChI=1S/C23H24ClN5O5S/c1-16-14-22(26-28(16)15-17-2-4-19(24)5-3-17)25-23(30)18-10-12-27(13-11-18)35(33,34)21-8-6-20(7-9-21)29(31)32/h2-9,14,18H,10-13,15H2,1H3,(H,25,26,30). The van der Waals surface area contributed by atoms with E-state index in [4.69, 9.17) is 11.6 Å². The molecule has 0 bridgehead atoms. The van der Waals surface area contributed by atoms with Crippen molar-refractivity contribution in [3.05, 3.63) is 81.0 Å². The van der Waals surface area contributed by atoms with Gasteiger partial charge >= 0.3 is 0 Å². The summed E-state index contributed by atoms with van der Waals surface area (Å²) in [5.41, 5.74) is 1.74. The molecule has 184 valence electrons. The Balaban J connectivity index is 1.34. The Labute approximate surface area is 207 Å². The van der Waals surface area contributed by atoms with Crippen LogP contribution in [0, 0.1) is 23.0 Å². The summed E-state index contributed by atoms with van der Waals surface area (Å²) in [4.78, 5) is 23.0. The molecule has 4 rings (SSSR count). The molecule has 1 aliphatic heterocycles. The van der Waals surface area contributed by atoms with E-state index in [9.17, 15) is 23.3 Å². The van der Waals surface area contributed by atoms with Crippen LogP contribution in [0.3, 0.4) is 0 Å². The first-order valence-corrected chi connectivity index (χ1v) is 12.8. The van der Waals surface area contributed by atoms with Gasteiger partial charge in [-0.3, -0.25) is 19.6 Å². The topological polar surface area (TPSA) is 127 Å². The molecule has 0 saturated carbocycles. The van der Waals surface area contributed by atoms with E-state index in [1.807, 2.05) is 31.2 Å². The molecule has 1 aromatic heterocycles. The number of piperidine rings is 1.